The Morgan fingerprint density at radius 1 is 1.21 bits per heavy atom. The number of fused-ring (bicyclic) bond motifs is 1. The summed E-state index contributed by atoms with van der Waals surface area (Å²) in [5.41, 5.74) is 1.33. The highest BCUT2D eigenvalue weighted by Gasteiger charge is 2.32. The first kappa shape index (κ1) is 16.8. The minimum absolute atomic E-state index is 0.0922. The number of carbonyl (C=O) groups excluding carboxylic acids is 1. The van der Waals surface area contributed by atoms with Crippen molar-refractivity contribution in [3.8, 4) is 17.3 Å². The molecule has 1 unspecified atom stereocenters. The first-order valence-corrected chi connectivity index (χ1v) is 9.00. The molecule has 28 heavy (non-hydrogen) atoms. The van der Waals surface area contributed by atoms with Crippen LogP contribution in [0.15, 0.2) is 42.9 Å². The number of hydrogen-bond acceptors (Lipinski definition) is 6. The van der Waals surface area contributed by atoms with Gasteiger partial charge in [-0.3, -0.25) is 9.36 Å². The molecular formula is C19H17FN6O2. The second kappa shape index (κ2) is 6.68. The van der Waals surface area contributed by atoms with E-state index in [-0.39, 0.29) is 24.3 Å². The molecule has 5 rings (SSSR count). The zero-order valence-corrected chi connectivity index (χ0v) is 14.9. The molecule has 1 amide bonds. The molecule has 1 fully saturated rings. The molecule has 142 valence electrons. The fraction of sp³-hybridized carbons (Fsp3) is 0.263. The molecule has 2 aromatic heterocycles. The second-order valence-electron chi connectivity index (χ2n) is 6.73. The number of hydrogen-bond donors (Lipinski definition) is 1. The SMILES string of the molecule is O=C1CN(C2CCOC2)c2nc(-n3ccnc3-c3ccc(F)cc3)ncc2N1. The minimum Gasteiger partial charge on any atom is -0.379 e. The van der Waals surface area contributed by atoms with Gasteiger partial charge < -0.3 is 15.0 Å². The smallest absolute Gasteiger partial charge is 0.244 e. The summed E-state index contributed by atoms with van der Waals surface area (Å²) in [5, 5.41) is 2.83. The molecule has 0 bridgehead atoms. The molecule has 3 aromatic rings. The second-order valence-corrected chi connectivity index (χ2v) is 6.73. The third-order valence-electron chi connectivity index (χ3n) is 4.92. The zero-order valence-electron chi connectivity index (χ0n) is 14.9. The van der Waals surface area contributed by atoms with Crippen LogP contribution in [0.5, 0.6) is 0 Å². The Kier molecular flexibility index (Phi) is 4.01. The summed E-state index contributed by atoms with van der Waals surface area (Å²) < 4.78 is 20.5. The lowest BCUT2D eigenvalue weighted by atomic mass is 10.2. The summed E-state index contributed by atoms with van der Waals surface area (Å²) in [7, 11) is 0. The van der Waals surface area contributed by atoms with Crippen molar-refractivity contribution in [2.75, 3.05) is 30.0 Å². The van der Waals surface area contributed by atoms with Crippen LogP contribution >= 0.6 is 0 Å². The van der Waals surface area contributed by atoms with Crippen molar-refractivity contribution in [2.45, 2.75) is 12.5 Å². The molecule has 2 aliphatic rings. The molecule has 0 aliphatic carbocycles. The van der Waals surface area contributed by atoms with Gasteiger partial charge in [0.2, 0.25) is 11.9 Å². The first-order chi connectivity index (χ1) is 13.7. The highest BCUT2D eigenvalue weighted by atomic mass is 19.1. The summed E-state index contributed by atoms with van der Waals surface area (Å²) in [6, 6.07) is 6.20. The highest BCUT2D eigenvalue weighted by Crippen LogP contribution is 2.31. The number of carbonyl (C=O) groups is 1. The molecule has 1 atom stereocenters. The van der Waals surface area contributed by atoms with E-state index in [0.29, 0.717) is 36.5 Å². The number of halogens is 1. The Bertz CT molecular complexity index is 1030. The predicted molar refractivity (Wildman–Crippen MR) is 99.7 cm³/mol. The Morgan fingerprint density at radius 2 is 2.07 bits per heavy atom. The average Bonchev–Trinajstić information content (AvgIpc) is 3.40. The largest absolute Gasteiger partial charge is 0.379 e. The first-order valence-electron chi connectivity index (χ1n) is 9.00. The van der Waals surface area contributed by atoms with Gasteiger partial charge in [0.05, 0.1) is 25.4 Å². The maximum Gasteiger partial charge on any atom is 0.244 e. The van der Waals surface area contributed by atoms with Crippen molar-refractivity contribution in [3.05, 3.63) is 48.7 Å². The van der Waals surface area contributed by atoms with Crippen LogP contribution in [0.3, 0.4) is 0 Å². The van der Waals surface area contributed by atoms with E-state index >= 15 is 0 Å². The minimum atomic E-state index is -0.308. The molecule has 4 heterocycles. The number of anilines is 2. The van der Waals surface area contributed by atoms with E-state index in [1.165, 1.54) is 12.1 Å². The van der Waals surface area contributed by atoms with Crippen molar-refractivity contribution in [2.24, 2.45) is 0 Å². The number of benzene rings is 1. The van der Waals surface area contributed by atoms with Gasteiger partial charge in [0.15, 0.2) is 5.82 Å². The third-order valence-corrected chi connectivity index (χ3v) is 4.92. The van der Waals surface area contributed by atoms with E-state index < -0.39 is 0 Å². The fourth-order valence-electron chi connectivity index (χ4n) is 3.55. The van der Waals surface area contributed by atoms with Gasteiger partial charge in [0.1, 0.15) is 17.3 Å². The normalized spacial score (nSPS) is 18.8. The van der Waals surface area contributed by atoms with Crippen molar-refractivity contribution in [1.82, 2.24) is 19.5 Å². The number of nitrogens with zero attached hydrogens (tertiary/aromatic N) is 5. The molecule has 1 saturated heterocycles. The Balaban J connectivity index is 1.56. The molecular weight excluding hydrogens is 363 g/mol. The Labute approximate surface area is 160 Å². The van der Waals surface area contributed by atoms with Crippen LogP contribution in [-0.2, 0) is 9.53 Å². The molecule has 0 saturated carbocycles. The van der Waals surface area contributed by atoms with Crippen molar-refractivity contribution in [1.29, 1.82) is 0 Å². The van der Waals surface area contributed by atoms with Crippen LogP contribution in [0, 0.1) is 5.82 Å². The van der Waals surface area contributed by atoms with E-state index in [1.807, 2.05) is 4.90 Å². The van der Waals surface area contributed by atoms with Crippen LogP contribution in [0.2, 0.25) is 0 Å². The van der Waals surface area contributed by atoms with Gasteiger partial charge in [-0.1, -0.05) is 0 Å². The number of imidazole rings is 1. The summed E-state index contributed by atoms with van der Waals surface area (Å²) in [6.07, 6.45) is 5.85. The van der Waals surface area contributed by atoms with E-state index in [0.717, 1.165) is 12.0 Å². The van der Waals surface area contributed by atoms with Gasteiger partial charge >= 0.3 is 0 Å². The quantitative estimate of drug-likeness (QED) is 0.748. The lowest BCUT2D eigenvalue weighted by molar-refractivity contribution is -0.115. The van der Waals surface area contributed by atoms with Crippen LogP contribution in [0.4, 0.5) is 15.9 Å². The maximum absolute atomic E-state index is 13.3. The Morgan fingerprint density at radius 3 is 2.86 bits per heavy atom. The molecule has 1 N–H and O–H groups in total. The number of aromatic nitrogens is 4. The monoisotopic (exact) mass is 380 g/mol. The summed E-state index contributed by atoms with van der Waals surface area (Å²) in [5.74, 6) is 1.30. The van der Waals surface area contributed by atoms with Crippen LogP contribution < -0.4 is 10.2 Å². The number of nitrogens with one attached hydrogen (secondary N) is 1. The summed E-state index contributed by atoms with van der Waals surface area (Å²) >= 11 is 0. The van der Waals surface area contributed by atoms with Gasteiger partial charge in [-0.15, -0.1) is 0 Å². The van der Waals surface area contributed by atoms with Crippen molar-refractivity contribution in [3.63, 3.8) is 0 Å². The third kappa shape index (κ3) is 2.89. The summed E-state index contributed by atoms with van der Waals surface area (Å²) in [4.78, 5) is 27.5. The topological polar surface area (TPSA) is 85.2 Å². The van der Waals surface area contributed by atoms with Gasteiger partial charge in [-0.05, 0) is 30.7 Å². The molecule has 0 spiro atoms. The van der Waals surface area contributed by atoms with E-state index in [9.17, 15) is 9.18 Å². The standard InChI is InChI=1S/C19H17FN6O2/c20-13-3-1-12(2-4-13)17-21-6-7-25(17)19-22-9-15-18(24-19)26(10-16(27)23-15)14-5-8-28-11-14/h1-4,6-7,9,14H,5,8,10-11H2,(H,23,27). The van der Waals surface area contributed by atoms with Gasteiger partial charge in [-0.2, -0.15) is 4.98 Å². The van der Waals surface area contributed by atoms with Crippen LogP contribution in [-0.4, -0.2) is 51.2 Å². The molecule has 0 radical (unpaired) electrons. The van der Waals surface area contributed by atoms with E-state index in [2.05, 4.69) is 15.3 Å². The van der Waals surface area contributed by atoms with Crippen LogP contribution in [0.25, 0.3) is 17.3 Å². The van der Waals surface area contributed by atoms with Gasteiger partial charge in [0, 0.05) is 24.6 Å². The van der Waals surface area contributed by atoms with Crippen LogP contribution in [0.1, 0.15) is 6.42 Å². The van der Waals surface area contributed by atoms with Crippen molar-refractivity contribution < 1.29 is 13.9 Å². The predicted octanol–water partition coefficient (Wildman–Crippen LogP) is 2.02. The van der Waals surface area contributed by atoms with E-state index in [1.54, 1.807) is 35.3 Å². The molecule has 9 heteroatoms. The zero-order chi connectivity index (χ0) is 19.1. The van der Waals surface area contributed by atoms with Crippen molar-refractivity contribution >= 4 is 17.4 Å². The van der Waals surface area contributed by atoms with Gasteiger partial charge in [0.25, 0.3) is 0 Å². The fourth-order valence-corrected chi connectivity index (χ4v) is 3.55. The average molecular weight is 380 g/mol. The molecule has 2 aliphatic heterocycles. The lowest BCUT2D eigenvalue weighted by Gasteiger charge is -2.33. The number of ether oxygens (including phenoxy) is 1. The summed E-state index contributed by atoms with van der Waals surface area (Å²) in [6.45, 7) is 1.47. The number of amides is 1. The lowest BCUT2D eigenvalue weighted by Crippen LogP contribution is -2.45. The van der Waals surface area contributed by atoms with Gasteiger partial charge in [-0.25, -0.2) is 14.4 Å². The Hall–Kier alpha value is -3.33. The van der Waals surface area contributed by atoms with E-state index in [4.69, 9.17) is 9.72 Å². The maximum atomic E-state index is 13.3. The number of rotatable bonds is 3. The highest BCUT2D eigenvalue weighted by molar-refractivity contribution is 6.00. The molecule has 1 aromatic carbocycles. The molecule has 8 nitrogen and oxygen atoms in total.